The van der Waals surface area contributed by atoms with E-state index in [-0.39, 0.29) is 42.5 Å². The van der Waals surface area contributed by atoms with Gasteiger partial charge in [0.05, 0.1) is 11.3 Å². The van der Waals surface area contributed by atoms with Crippen molar-refractivity contribution in [2.24, 2.45) is 0 Å². The second-order valence-corrected chi connectivity index (χ2v) is 7.69. The normalized spacial score (nSPS) is 11.0. The van der Waals surface area contributed by atoms with Gasteiger partial charge in [-0.2, -0.15) is 0 Å². The first-order chi connectivity index (χ1) is 16.0. The van der Waals surface area contributed by atoms with Crippen LogP contribution in [0.1, 0.15) is 29.7 Å². The van der Waals surface area contributed by atoms with Crippen LogP contribution in [0.5, 0.6) is 0 Å². The van der Waals surface area contributed by atoms with E-state index in [0.29, 0.717) is 0 Å². The number of amides is 1. The van der Waals surface area contributed by atoms with Gasteiger partial charge < -0.3 is 14.6 Å². The highest BCUT2D eigenvalue weighted by Crippen LogP contribution is 2.23. The van der Waals surface area contributed by atoms with Crippen LogP contribution >= 0.6 is 11.3 Å². The molecule has 1 heterocycles. The number of benzene rings is 2. The second kappa shape index (κ2) is 12.2. The minimum Gasteiger partial charge on any atom is -0.478 e. The van der Waals surface area contributed by atoms with Crippen molar-refractivity contribution < 1.29 is 29.0 Å². The van der Waals surface area contributed by atoms with Gasteiger partial charge in [0.25, 0.3) is 0 Å². The number of carboxylic acid groups (broad SMARTS) is 1. The van der Waals surface area contributed by atoms with Crippen LogP contribution in [0.3, 0.4) is 0 Å². The molecule has 0 unspecified atom stereocenters. The third kappa shape index (κ3) is 7.89. The van der Waals surface area contributed by atoms with Crippen molar-refractivity contribution in [1.29, 1.82) is 0 Å². The summed E-state index contributed by atoms with van der Waals surface area (Å²) in [4.78, 5) is 39.7. The molecule has 0 aliphatic rings. The highest BCUT2D eigenvalue weighted by molar-refractivity contribution is 7.14. The number of aromatic nitrogens is 1. The average Bonchev–Trinajstić information content (AvgIpc) is 3.28. The third-order valence-corrected chi connectivity index (χ3v) is 5.13. The van der Waals surface area contributed by atoms with Gasteiger partial charge in [-0.3, -0.25) is 10.1 Å². The summed E-state index contributed by atoms with van der Waals surface area (Å²) in [5.74, 6) is -1.61. The van der Waals surface area contributed by atoms with Crippen LogP contribution in [0.2, 0.25) is 0 Å². The van der Waals surface area contributed by atoms with Crippen molar-refractivity contribution in [3.05, 3.63) is 88.9 Å². The molecule has 8 nitrogen and oxygen atoms in total. The first kappa shape index (κ1) is 23.7. The molecule has 3 rings (SSSR count). The van der Waals surface area contributed by atoms with Crippen LogP contribution in [-0.2, 0) is 32.3 Å². The molecule has 0 saturated carbocycles. The van der Waals surface area contributed by atoms with E-state index in [1.807, 2.05) is 60.7 Å². The lowest BCUT2D eigenvalue weighted by molar-refractivity contribution is -0.144. The Morgan fingerprint density at radius 2 is 1.55 bits per heavy atom. The fourth-order valence-corrected chi connectivity index (χ4v) is 3.44. The molecule has 0 spiro atoms. The molecular formula is C24H22N2O6S. The van der Waals surface area contributed by atoms with Crippen molar-refractivity contribution >= 4 is 40.1 Å². The number of aliphatic carboxylic acids is 1. The van der Waals surface area contributed by atoms with Gasteiger partial charge in [-0.15, -0.1) is 11.3 Å². The molecule has 170 valence electrons. The van der Waals surface area contributed by atoms with E-state index in [4.69, 9.17) is 9.47 Å². The molecule has 0 bridgehead atoms. The minimum atomic E-state index is -1.18. The minimum absolute atomic E-state index is 0.0324. The van der Waals surface area contributed by atoms with Gasteiger partial charge in [-0.25, -0.2) is 14.6 Å². The fourth-order valence-electron chi connectivity index (χ4n) is 2.75. The van der Waals surface area contributed by atoms with Crippen LogP contribution in [0.25, 0.3) is 5.57 Å². The summed E-state index contributed by atoms with van der Waals surface area (Å²) in [7, 11) is 0. The summed E-state index contributed by atoms with van der Waals surface area (Å²) in [5.41, 5.74) is 1.83. The molecule has 1 aromatic heterocycles. The zero-order valence-electron chi connectivity index (χ0n) is 17.6. The molecule has 0 atom stereocenters. The van der Waals surface area contributed by atoms with Crippen LogP contribution in [0.15, 0.2) is 72.1 Å². The predicted octanol–water partition coefficient (Wildman–Crippen LogP) is 4.88. The lowest BCUT2D eigenvalue weighted by Crippen LogP contribution is -2.13. The molecule has 2 N–H and O–H groups in total. The third-order valence-electron chi connectivity index (χ3n) is 4.37. The highest BCUT2D eigenvalue weighted by Gasteiger charge is 2.16. The average molecular weight is 467 g/mol. The number of ether oxygens (including phenoxy) is 2. The highest BCUT2D eigenvalue weighted by atomic mass is 32.1. The number of allylic oxidation sites excluding steroid dienone is 1. The Balaban J connectivity index is 1.49. The topological polar surface area (TPSA) is 115 Å². The number of carbonyl (C=O) groups excluding carboxylic acids is 2. The van der Waals surface area contributed by atoms with E-state index in [1.54, 1.807) is 0 Å². The van der Waals surface area contributed by atoms with Crippen molar-refractivity contribution in [2.75, 3.05) is 5.32 Å². The summed E-state index contributed by atoms with van der Waals surface area (Å²) in [5, 5.41) is 13.7. The molecule has 0 saturated heterocycles. The monoisotopic (exact) mass is 466 g/mol. The second-order valence-electron chi connectivity index (χ2n) is 6.83. The van der Waals surface area contributed by atoms with Gasteiger partial charge in [0.1, 0.15) is 13.2 Å². The number of esters is 1. The number of nitrogens with zero attached hydrogens (tertiary/aromatic N) is 1. The number of rotatable bonds is 10. The quantitative estimate of drug-likeness (QED) is 0.323. The molecule has 0 aliphatic carbocycles. The maximum atomic E-state index is 12.0. The maximum Gasteiger partial charge on any atom is 0.413 e. The van der Waals surface area contributed by atoms with E-state index in [1.165, 1.54) is 11.5 Å². The number of hydrogen-bond donors (Lipinski definition) is 2. The lowest BCUT2D eigenvalue weighted by Gasteiger charge is -2.05. The van der Waals surface area contributed by atoms with Crippen LogP contribution < -0.4 is 5.32 Å². The molecule has 33 heavy (non-hydrogen) atoms. The van der Waals surface area contributed by atoms with E-state index >= 15 is 0 Å². The Morgan fingerprint density at radius 3 is 2.15 bits per heavy atom. The molecule has 9 heteroatoms. The SMILES string of the molecule is O=C(CCC=C(C(=O)O)c1csc(NC(=O)OCc2ccccc2)n1)OCc1ccccc1. The molecule has 0 radical (unpaired) electrons. The Morgan fingerprint density at radius 1 is 0.939 bits per heavy atom. The summed E-state index contributed by atoms with van der Waals surface area (Å²) >= 11 is 1.07. The number of carbonyl (C=O) groups is 3. The molecule has 3 aromatic rings. The van der Waals surface area contributed by atoms with Crippen LogP contribution in [0, 0.1) is 0 Å². The van der Waals surface area contributed by atoms with Gasteiger partial charge in [-0.1, -0.05) is 66.7 Å². The molecule has 0 fully saturated rings. The maximum absolute atomic E-state index is 12.0. The van der Waals surface area contributed by atoms with E-state index < -0.39 is 18.0 Å². The van der Waals surface area contributed by atoms with Gasteiger partial charge in [-0.05, 0) is 17.5 Å². The van der Waals surface area contributed by atoms with Crippen molar-refractivity contribution in [3.63, 3.8) is 0 Å². The molecule has 1 amide bonds. The summed E-state index contributed by atoms with van der Waals surface area (Å²) in [6.45, 7) is 0.266. The standard InChI is InChI=1S/C24H22N2O6S/c27-21(31-14-17-8-3-1-4-9-17)13-7-12-19(22(28)29)20-16-33-23(25-20)26-24(30)32-15-18-10-5-2-6-11-18/h1-6,8-12,16H,7,13-15H2,(H,28,29)(H,25,26,30). The van der Waals surface area contributed by atoms with Crippen molar-refractivity contribution in [1.82, 2.24) is 4.98 Å². The number of hydrogen-bond acceptors (Lipinski definition) is 7. The van der Waals surface area contributed by atoms with E-state index in [0.717, 1.165) is 22.5 Å². The Hall–Kier alpha value is -3.98. The van der Waals surface area contributed by atoms with Crippen LogP contribution in [-0.4, -0.2) is 28.1 Å². The van der Waals surface area contributed by atoms with E-state index in [2.05, 4.69) is 10.3 Å². The number of carboxylic acids is 1. The summed E-state index contributed by atoms with van der Waals surface area (Å²) in [6.07, 6.45) is 0.930. The number of nitrogens with one attached hydrogen (secondary N) is 1. The van der Waals surface area contributed by atoms with Gasteiger partial charge >= 0.3 is 18.0 Å². The van der Waals surface area contributed by atoms with Crippen molar-refractivity contribution in [3.8, 4) is 0 Å². The van der Waals surface area contributed by atoms with Crippen LogP contribution in [0.4, 0.5) is 9.93 Å². The number of thiazole rings is 1. The Bertz CT molecular complexity index is 1110. The van der Waals surface area contributed by atoms with Crippen molar-refractivity contribution in [2.45, 2.75) is 26.1 Å². The first-order valence-electron chi connectivity index (χ1n) is 10.1. The molecule has 0 aliphatic heterocycles. The molecular weight excluding hydrogens is 444 g/mol. The Labute approximate surface area is 194 Å². The predicted molar refractivity (Wildman–Crippen MR) is 123 cm³/mol. The van der Waals surface area contributed by atoms with Gasteiger partial charge in [0.15, 0.2) is 5.13 Å². The zero-order chi connectivity index (χ0) is 23.5. The number of anilines is 1. The zero-order valence-corrected chi connectivity index (χ0v) is 18.4. The van der Waals surface area contributed by atoms with Gasteiger partial charge in [0, 0.05) is 11.8 Å². The smallest absolute Gasteiger partial charge is 0.413 e. The lowest BCUT2D eigenvalue weighted by atomic mass is 10.1. The summed E-state index contributed by atoms with van der Waals surface area (Å²) < 4.78 is 10.3. The van der Waals surface area contributed by atoms with Gasteiger partial charge in [0.2, 0.25) is 0 Å². The molecule has 2 aromatic carbocycles. The fraction of sp³-hybridized carbons (Fsp3) is 0.167. The van der Waals surface area contributed by atoms with E-state index in [9.17, 15) is 19.5 Å². The summed E-state index contributed by atoms with van der Waals surface area (Å²) in [6, 6.07) is 18.5. The largest absolute Gasteiger partial charge is 0.478 e. The first-order valence-corrected chi connectivity index (χ1v) is 11.0. The Kier molecular flexibility index (Phi) is 8.72.